The molecule has 0 aliphatic carbocycles. The molecule has 3 rings (SSSR count). The molecule has 0 spiro atoms. The van der Waals surface area contributed by atoms with E-state index in [2.05, 4.69) is 5.32 Å². The minimum absolute atomic E-state index is 0.126. The normalized spacial score (nSPS) is 18.6. The predicted molar refractivity (Wildman–Crippen MR) is 117 cm³/mol. The van der Waals surface area contributed by atoms with E-state index < -0.39 is 10.0 Å². The van der Waals surface area contributed by atoms with Gasteiger partial charge in [0.2, 0.25) is 15.9 Å². The van der Waals surface area contributed by atoms with E-state index in [4.69, 9.17) is 4.74 Å². The van der Waals surface area contributed by atoms with Gasteiger partial charge < -0.3 is 10.1 Å². The molecule has 2 aromatic rings. The monoisotopic (exact) mass is 430 g/mol. The summed E-state index contributed by atoms with van der Waals surface area (Å²) in [5.41, 5.74) is 2.16. The molecule has 7 heteroatoms. The van der Waals surface area contributed by atoms with Gasteiger partial charge in [0.1, 0.15) is 12.4 Å². The Morgan fingerprint density at radius 3 is 2.33 bits per heavy atom. The lowest BCUT2D eigenvalue weighted by Gasteiger charge is -2.31. The fraction of sp³-hybridized carbons (Fsp3) is 0.435. The highest BCUT2D eigenvalue weighted by Gasteiger charge is 2.33. The highest BCUT2D eigenvalue weighted by molar-refractivity contribution is 7.89. The molecular formula is C23H30N2O4S. The van der Waals surface area contributed by atoms with Crippen molar-refractivity contribution >= 4 is 15.9 Å². The summed E-state index contributed by atoms with van der Waals surface area (Å²) < 4.78 is 33.1. The highest BCUT2D eigenvalue weighted by Crippen LogP contribution is 2.24. The summed E-state index contributed by atoms with van der Waals surface area (Å²) >= 11 is 0. The number of nitrogens with zero attached hydrogens (tertiary/aromatic N) is 1. The van der Waals surface area contributed by atoms with Crippen LogP contribution in [0.2, 0.25) is 0 Å². The molecule has 0 unspecified atom stereocenters. The molecule has 1 heterocycles. The van der Waals surface area contributed by atoms with E-state index in [0.717, 1.165) is 16.9 Å². The Balaban J connectivity index is 1.55. The van der Waals surface area contributed by atoms with Gasteiger partial charge in [0, 0.05) is 13.1 Å². The van der Waals surface area contributed by atoms with Crippen LogP contribution < -0.4 is 10.1 Å². The van der Waals surface area contributed by atoms with Crippen LogP contribution in [0.4, 0.5) is 0 Å². The van der Waals surface area contributed by atoms with Gasteiger partial charge in [-0.1, -0.05) is 35.4 Å². The zero-order chi connectivity index (χ0) is 21.7. The first-order valence-electron chi connectivity index (χ1n) is 10.3. The Kier molecular flexibility index (Phi) is 7.15. The molecule has 1 aliphatic rings. The van der Waals surface area contributed by atoms with Crippen molar-refractivity contribution in [2.24, 2.45) is 5.92 Å². The third kappa shape index (κ3) is 5.61. The third-order valence-corrected chi connectivity index (χ3v) is 7.20. The molecule has 1 aliphatic heterocycles. The second-order valence-corrected chi connectivity index (χ2v) is 9.99. The summed E-state index contributed by atoms with van der Waals surface area (Å²) in [5, 5.41) is 2.97. The number of sulfonamides is 1. The Labute approximate surface area is 179 Å². The molecule has 1 amide bonds. The molecule has 1 fully saturated rings. The number of piperidine rings is 1. The van der Waals surface area contributed by atoms with Crippen LogP contribution in [-0.2, 0) is 14.8 Å². The van der Waals surface area contributed by atoms with Crippen molar-refractivity contribution in [3.8, 4) is 5.75 Å². The molecule has 6 nitrogen and oxygen atoms in total. The smallest absolute Gasteiger partial charge is 0.243 e. The lowest BCUT2D eigenvalue weighted by Crippen LogP contribution is -2.48. The molecule has 162 valence electrons. The van der Waals surface area contributed by atoms with E-state index >= 15 is 0 Å². The summed E-state index contributed by atoms with van der Waals surface area (Å²) in [6.45, 7) is 6.81. The summed E-state index contributed by atoms with van der Waals surface area (Å²) in [6.07, 6.45) is 1.34. The first-order chi connectivity index (χ1) is 14.3. The SMILES string of the molecule is Cc1ccc(OC[C@@H](C)NC(=O)[C@H]2CCCN(S(=O)(=O)c3ccc(C)cc3)C2)cc1. The minimum Gasteiger partial charge on any atom is -0.491 e. The van der Waals surface area contributed by atoms with Gasteiger partial charge in [0.25, 0.3) is 0 Å². The predicted octanol–water partition coefficient (Wildman–Crippen LogP) is 3.29. The van der Waals surface area contributed by atoms with Gasteiger partial charge in [-0.05, 0) is 57.9 Å². The van der Waals surface area contributed by atoms with Crippen LogP contribution in [0.1, 0.15) is 30.9 Å². The maximum atomic E-state index is 12.9. The van der Waals surface area contributed by atoms with E-state index in [1.807, 2.05) is 45.0 Å². The quantitative estimate of drug-likeness (QED) is 0.731. The maximum absolute atomic E-state index is 12.9. The standard InChI is InChI=1S/C23H30N2O4S/c1-17-6-10-21(11-7-17)29-16-19(3)24-23(26)20-5-4-14-25(15-20)30(27,28)22-12-8-18(2)9-13-22/h6-13,19-20H,4-5,14-16H2,1-3H3,(H,24,26)/t19-,20+/m1/s1. The van der Waals surface area contributed by atoms with Crippen molar-refractivity contribution in [2.45, 2.75) is 44.6 Å². The molecule has 30 heavy (non-hydrogen) atoms. The molecule has 2 aromatic carbocycles. The third-order valence-electron chi connectivity index (χ3n) is 5.32. The number of amides is 1. The number of ether oxygens (including phenoxy) is 1. The first-order valence-corrected chi connectivity index (χ1v) is 11.8. The van der Waals surface area contributed by atoms with E-state index in [-0.39, 0.29) is 29.3 Å². The summed E-state index contributed by atoms with van der Waals surface area (Å²) in [6, 6.07) is 14.4. The van der Waals surface area contributed by atoms with Gasteiger partial charge in [-0.15, -0.1) is 0 Å². The summed E-state index contributed by atoms with van der Waals surface area (Å²) in [4.78, 5) is 13.0. The van der Waals surface area contributed by atoms with Crippen LogP contribution in [0.15, 0.2) is 53.4 Å². The maximum Gasteiger partial charge on any atom is 0.243 e. The van der Waals surface area contributed by atoms with Crippen LogP contribution in [0.25, 0.3) is 0 Å². The number of hydrogen-bond acceptors (Lipinski definition) is 4. The van der Waals surface area contributed by atoms with Gasteiger partial charge in [-0.2, -0.15) is 4.31 Å². The molecular weight excluding hydrogens is 400 g/mol. The van der Waals surface area contributed by atoms with Crippen LogP contribution in [-0.4, -0.2) is 44.4 Å². The average molecular weight is 431 g/mol. The molecule has 0 saturated carbocycles. The Morgan fingerprint density at radius 1 is 1.10 bits per heavy atom. The van der Waals surface area contributed by atoms with Crippen LogP contribution in [0.5, 0.6) is 5.75 Å². The van der Waals surface area contributed by atoms with Crippen molar-refractivity contribution in [3.63, 3.8) is 0 Å². The first kappa shape index (κ1) is 22.3. The molecule has 1 saturated heterocycles. The van der Waals surface area contributed by atoms with Gasteiger partial charge in [-0.25, -0.2) is 8.42 Å². The van der Waals surface area contributed by atoms with Gasteiger partial charge in [0.05, 0.1) is 16.9 Å². The van der Waals surface area contributed by atoms with Crippen LogP contribution in [0.3, 0.4) is 0 Å². The summed E-state index contributed by atoms with van der Waals surface area (Å²) in [7, 11) is -3.59. The Morgan fingerprint density at radius 2 is 1.70 bits per heavy atom. The van der Waals surface area contributed by atoms with Crippen molar-refractivity contribution in [2.75, 3.05) is 19.7 Å². The Hall–Kier alpha value is -2.38. The van der Waals surface area contributed by atoms with E-state index in [9.17, 15) is 13.2 Å². The minimum atomic E-state index is -3.59. The number of rotatable bonds is 7. The average Bonchev–Trinajstić information content (AvgIpc) is 2.74. The number of benzene rings is 2. The van der Waals surface area contributed by atoms with Crippen molar-refractivity contribution in [1.82, 2.24) is 9.62 Å². The van der Waals surface area contributed by atoms with Crippen molar-refractivity contribution < 1.29 is 17.9 Å². The molecule has 2 atom stereocenters. The number of aryl methyl sites for hydroxylation is 2. The van der Waals surface area contributed by atoms with Crippen molar-refractivity contribution in [3.05, 3.63) is 59.7 Å². The molecule has 0 bridgehead atoms. The number of carbonyl (C=O) groups is 1. The molecule has 1 N–H and O–H groups in total. The lowest BCUT2D eigenvalue weighted by atomic mass is 9.98. The number of hydrogen-bond donors (Lipinski definition) is 1. The highest BCUT2D eigenvalue weighted by atomic mass is 32.2. The van der Waals surface area contributed by atoms with Gasteiger partial charge in [-0.3, -0.25) is 4.79 Å². The van der Waals surface area contributed by atoms with Crippen LogP contribution in [0, 0.1) is 19.8 Å². The number of carbonyl (C=O) groups excluding carboxylic acids is 1. The van der Waals surface area contributed by atoms with E-state index in [1.165, 1.54) is 4.31 Å². The second-order valence-electron chi connectivity index (χ2n) is 8.05. The fourth-order valence-corrected chi connectivity index (χ4v) is 5.02. The number of nitrogens with one attached hydrogen (secondary N) is 1. The zero-order valence-electron chi connectivity index (χ0n) is 17.8. The topological polar surface area (TPSA) is 75.7 Å². The second kappa shape index (κ2) is 9.62. The van der Waals surface area contributed by atoms with E-state index in [0.29, 0.717) is 26.0 Å². The Bertz CT molecular complexity index is 956. The largest absolute Gasteiger partial charge is 0.491 e. The molecule has 0 radical (unpaired) electrons. The summed E-state index contributed by atoms with van der Waals surface area (Å²) in [5.74, 6) is 0.273. The molecule has 0 aromatic heterocycles. The van der Waals surface area contributed by atoms with E-state index in [1.54, 1.807) is 24.3 Å². The zero-order valence-corrected chi connectivity index (χ0v) is 18.6. The van der Waals surface area contributed by atoms with Gasteiger partial charge in [0.15, 0.2) is 0 Å². The fourth-order valence-electron chi connectivity index (χ4n) is 3.49. The van der Waals surface area contributed by atoms with Crippen molar-refractivity contribution in [1.29, 1.82) is 0 Å². The van der Waals surface area contributed by atoms with Crippen LogP contribution >= 0.6 is 0 Å². The van der Waals surface area contributed by atoms with Gasteiger partial charge >= 0.3 is 0 Å². The lowest BCUT2D eigenvalue weighted by molar-refractivity contribution is -0.126.